The topological polar surface area (TPSA) is 65.6 Å². The third kappa shape index (κ3) is 4.27. The maximum absolute atomic E-state index is 9.99. The third-order valence-electron chi connectivity index (χ3n) is 4.52. The molecule has 1 aromatic rings. The molecule has 124 valence electrons. The fraction of sp³-hybridized carbons (Fsp3) is 0.875. The van der Waals surface area contributed by atoms with Gasteiger partial charge in [-0.2, -0.15) is 4.98 Å². The summed E-state index contributed by atoms with van der Waals surface area (Å²) in [7, 11) is 2.10. The summed E-state index contributed by atoms with van der Waals surface area (Å²) in [6, 6.07) is 0.481. The molecule has 0 unspecified atom stereocenters. The number of nitrogens with zero attached hydrogens (tertiary/aromatic N) is 4. The molecule has 1 atom stereocenters. The lowest BCUT2D eigenvalue weighted by atomic mass is 10.0. The number of hydrogen-bond donors (Lipinski definition) is 1. The zero-order valence-corrected chi connectivity index (χ0v) is 14.0. The fourth-order valence-corrected chi connectivity index (χ4v) is 3.30. The van der Waals surface area contributed by atoms with Gasteiger partial charge in [0.2, 0.25) is 5.89 Å². The van der Waals surface area contributed by atoms with Gasteiger partial charge in [-0.05, 0) is 53.1 Å². The van der Waals surface area contributed by atoms with Crippen LogP contribution in [0.2, 0.25) is 0 Å². The third-order valence-corrected chi connectivity index (χ3v) is 4.52. The van der Waals surface area contributed by atoms with E-state index in [0.717, 1.165) is 31.3 Å². The molecule has 0 spiro atoms. The number of hydrogen-bond acceptors (Lipinski definition) is 6. The lowest BCUT2D eigenvalue weighted by molar-refractivity contribution is 0.0147. The van der Waals surface area contributed by atoms with Crippen LogP contribution in [0, 0.1) is 0 Å². The van der Waals surface area contributed by atoms with Crippen molar-refractivity contribution in [2.75, 3.05) is 26.7 Å². The molecular weight excluding hydrogens is 280 g/mol. The molecule has 1 aliphatic heterocycles. The molecule has 1 saturated carbocycles. The molecule has 2 aliphatic rings. The molecule has 6 nitrogen and oxygen atoms in total. The average Bonchev–Trinajstić information content (AvgIpc) is 3.18. The molecule has 0 bridgehead atoms. The van der Waals surface area contributed by atoms with Crippen molar-refractivity contribution < 1.29 is 9.63 Å². The van der Waals surface area contributed by atoms with E-state index in [9.17, 15) is 5.11 Å². The van der Waals surface area contributed by atoms with Crippen LogP contribution < -0.4 is 0 Å². The van der Waals surface area contributed by atoms with Gasteiger partial charge in [0.25, 0.3) is 0 Å². The second-order valence-corrected chi connectivity index (χ2v) is 7.58. The van der Waals surface area contributed by atoms with E-state index in [0.29, 0.717) is 18.5 Å². The zero-order chi connectivity index (χ0) is 15.7. The van der Waals surface area contributed by atoms with E-state index >= 15 is 0 Å². The van der Waals surface area contributed by atoms with Gasteiger partial charge < -0.3 is 9.63 Å². The van der Waals surface area contributed by atoms with Gasteiger partial charge in [0.1, 0.15) is 0 Å². The predicted molar refractivity (Wildman–Crippen MR) is 83.5 cm³/mol. The second-order valence-electron chi connectivity index (χ2n) is 7.58. The van der Waals surface area contributed by atoms with Gasteiger partial charge in [0.05, 0.1) is 12.1 Å². The van der Waals surface area contributed by atoms with Gasteiger partial charge in [-0.25, -0.2) is 0 Å². The van der Waals surface area contributed by atoms with E-state index in [1.165, 1.54) is 25.7 Å². The van der Waals surface area contributed by atoms with Crippen molar-refractivity contribution in [3.05, 3.63) is 11.7 Å². The van der Waals surface area contributed by atoms with Gasteiger partial charge in [-0.15, -0.1) is 0 Å². The van der Waals surface area contributed by atoms with E-state index in [-0.39, 0.29) is 0 Å². The quantitative estimate of drug-likeness (QED) is 0.861. The van der Waals surface area contributed by atoms with Crippen molar-refractivity contribution in [3.8, 4) is 0 Å². The van der Waals surface area contributed by atoms with Crippen LogP contribution in [-0.4, -0.2) is 63.4 Å². The Labute approximate surface area is 132 Å². The summed E-state index contributed by atoms with van der Waals surface area (Å²) in [6.45, 7) is 7.27. The summed E-state index contributed by atoms with van der Waals surface area (Å²) < 4.78 is 5.34. The van der Waals surface area contributed by atoms with Crippen molar-refractivity contribution >= 4 is 0 Å². The Hall–Kier alpha value is -0.980. The van der Waals surface area contributed by atoms with E-state index in [4.69, 9.17) is 4.52 Å². The minimum absolute atomic E-state index is 0.481. The van der Waals surface area contributed by atoms with E-state index in [2.05, 4.69) is 27.0 Å². The highest BCUT2D eigenvalue weighted by Gasteiger charge is 2.31. The van der Waals surface area contributed by atoms with Crippen molar-refractivity contribution in [1.29, 1.82) is 0 Å². The van der Waals surface area contributed by atoms with Crippen LogP contribution >= 0.6 is 0 Å². The molecule has 0 amide bonds. The molecule has 3 rings (SSSR count). The SMILES string of the molecule is CN(CC(C)(C)O)[C@@H]1CCCN(Cc2noc(C3CC3)n2)C1. The standard InChI is InChI=1S/C16H28N4O2/c1-16(2,21)11-19(3)13-5-4-8-20(9-13)10-14-17-15(22-18-14)12-6-7-12/h12-13,21H,4-11H2,1-3H3/t13-/m1/s1. The minimum Gasteiger partial charge on any atom is -0.389 e. The molecule has 6 heteroatoms. The summed E-state index contributed by atoms with van der Waals surface area (Å²) in [5.74, 6) is 2.16. The Bertz CT molecular complexity index is 493. The van der Waals surface area contributed by atoms with Crippen LogP contribution in [0.5, 0.6) is 0 Å². The fourth-order valence-electron chi connectivity index (χ4n) is 3.30. The van der Waals surface area contributed by atoms with Crippen LogP contribution in [0.15, 0.2) is 4.52 Å². The minimum atomic E-state index is -0.649. The van der Waals surface area contributed by atoms with Crippen molar-refractivity contribution in [2.45, 2.75) is 63.6 Å². The highest BCUT2D eigenvalue weighted by atomic mass is 16.5. The van der Waals surface area contributed by atoms with Crippen molar-refractivity contribution in [1.82, 2.24) is 19.9 Å². The Morgan fingerprint density at radius 2 is 2.14 bits per heavy atom. The van der Waals surface area contributed by atoms with E-state index in [1.54, 1.807) is 0 Å². The smallest absolute Gasteiger partial charge is 0.229 e. The number of aromatic nitrogens is 2. The van der Waals surface area contributed by atoms with Crippen molar-refractivity contribution in [3.63, 3.8) is 0 Å². The van der Waals surface area contributed by atoms with E-state index in [1.807, 2.05) is 13.8 Å². The van der Waals surface area contributed by atoms with Crippen LogP contribution in [0.1, 0.15) is 57.2 Å². The van der Waals surface area contributed by atoms with Gasteiger partial charge in [0, 0.05) is 25.0 Å². The first-order chi connectivity index (χ1) is 10.4. The Morgan fingerprint density at radius 1 is 1.36 bits per heavy atom. The molecule has 1 aromatic heterocycles. The lowest BCUT2D eigenvalue weighted by Gasteiger charge is -2.39. The highest BCUT2D eigenvalue weighted by Crippen LogP contribution is 2.38. The predicted octanol–water partition coefficient (Wildman–Crippen LogP) is 1.61. The largest absolute Gasteiger partial charge is 0.389 e. The molecule has 0 aromatic carbocycles. The average molecular weight is 308 g/mol. The van der Waals surface area contributed by atoms with Gasteiger partial charge in [-0.1, -0.05) is 5.16 Å². The number of piperidine rings is 1. The summed E-state index contributed by atoms with van der Waals surface area (Å²) in [5.41, 5.74) is -0.649. The monoisotopic (exact) mass is 308 g/mol. The second kappa shape index (κ2) is 6.26. The summed E-state index contributed by atoms with van der Waals surface area (Å²) in [4.78, 5) is 9.20. The summed E-state index contributed by atoms with van der Waals surface area (Å²) >= 11 is 0. The summed E-state index contributed by atoms with van der Waals surface area (Å²) in [6.07, 6.45) is 4.74. The molecule has 22 heavy (non-hydrogen) atoms. The molecular formula is C16H28N4O2. The molecule has 1 aliphatic carbocycles. The van der Waals surface area contributed by atoms with Crippen molar-refractivity contribution in [2.24, 2.45) is 0 Å². The normalized spacial score (nSPS) is 24.1. The van der Waals surface area contributed by atoms with Crippen LogP contribution in [-0.2, 0) is 6.54 Å². The number of rotatable bonds is 6. The van der Waals surface area contributed by atoms with Crippen LogP contribution in [0.25, 0.3) is 0 Å². The Morgan fingerprint density at radius 3 is 2.82 bits per heavy atom. The zero-order valence-electron chi connectivity index (χ0n) is 14.0. The maximum Gasteiger partial charge on any atom is 0.229 e. The Balaban J connectivity index is 1.53. The number of likely N-dealkylation sites (N-methyl/N-ethyl adjacent to an activating group) is 1. The van der Waals surface area contributed by atoms with Gasteiger partial charge >= 0.3 is 0 Å². The molecule has 1 saturated heterocycles. The first-order valence-electron chi connectivity index (χ1n) is 8.38. The first-order valence-corrected chi connectivity index (χ1v) is 8.38. The maximum atomic E-state index is 9.99. The number of likely N-dealkylation sites (tertiary alicyclic amines) is 1. The Kier molecular flexibility index (Phi) is 4.52. The first kappa shape index (κ1) is 15.9. The summed E-state index contributed by atoms with van der Waals surface area (Å²) in [5, 5.41) is 14.1. The van der Waals surface area contributed by atoms with Gasteiger partial charge in [0.15, 0.2) is 5.82 Å². The van der Waals surface area contributed by atoms with Crippen LogP contribution in [0.3, 0.4) is 0 Å². The molecule has 0 radical (unpaired) electrons. The number of aliphatic hydroxyl groups is 1. The van der Waals surface area contributed by atoms with E-state index < -0.39 is 5.60 Å². The lowest BCUT2D eigenvalue weighted by Crippen LogP contribution is -2.49. The van der Waals surface area contributed by atoms with Crippen LogP contribution in [0.4, 0.5) is 0 Å². The van der Waals surface area contributed by atoms with Gasteiger partial charge in [-0.3, -0.25) is 9.80 Å². The highest BCUT2D eigenvalue weighted by molar-refractivity contribution is 5.01. The molecule has 1 N–H and O–H groups in total. The molecule has 2 heterocycles. The molecule has 2 fully saturated rings.